The van der Waals surface area contributed by atoms with Gasteiger partial charge in [0.2, 0.25) is 5.88 Å². The molecule has 0 spiro atoms. The quantitative estimate of drug-likeness (QED) is 0.771. The van der Waals surface area contributed by atoms with Gasteiger partial charge in [-0.2, -0.15) is 0 Å². The zero-order valence-electron chi connectivity index (χ0n) is 9.70. The molecule has 0 saturated carbocycles. The van der Waals surface area contributed by atoms with Gasteiger partial charge in [-0.3, -0.25) is 0 Å². The summed E-state index contributed by atoms with van der Waals surface area (Å²) in [6.07, 6.45) is 9.15. The smallest absolute Gasteiger partial charge is 0.214 e. The number of nitrogens with zero attached hydrogens (tertiary/aromatic N) is 1. The van der Waals surface area contributed by atoms with E-state index in [0.717, 1.165) is 18.7 Å². The molecule has 1 aliphatic carbocycles. The second kappa shape index (κ2) is 5.54. The van der Waals surface area contributed by atoms with Gasteiger partial charge in [-0.25, -0.2) is 4.98 Å². The second-order valence-corrected chi connectivity index (χ2v) is 4.02. The van der Waals surface area contributed by atoms with Crippen molar-refractivity contribution in [3.8, 4) is 5.88 Å². The maximum absolute atomic E-state index is 5.07. The van der Waals surface area contributed by atoms with Gasteiger partial charge in [-0.1, -0.05) is 11.6 Å². The van der Waals surface area contributed by atoms with E-state index in [-0.39, 0.29) is 0 Å². The molecule has 0 aliphatic heterocycles. The number of nitrogens with one attached hydrogen (secondary N) is 1. The molecule has 1 aliphatic rings. The molecule has 1 aromatic rings. The van der Waals surface area contributed by atoms with Crippen molar-refractivity contribution in [2.75, 3.05) is 19.0 Å². The minimum Gasteiger partial charge on any atom is -0.481 e. The molecule has 0 bridgehead atoms. The van der Waals surface area contributed by atoms with Crippen LogP contribution in [0.1, 0.15) is 25.7 Å². The first-order chi connectivity index (χ1) is 7.88. The molecule has 0 fully saturated rings. The van der Waals surface area contributed by atoms with Crippen LogP contribution in [0.4, 0.5) is 5.69 Å². The molecule has 1 N–H and O–H groups in total. The Balaban J connectivity index is 1.80. The van der Waals surface area contributed by atoms with Crippen LogP contribution in [0.3, 0.4) is 0 Å². The number of hydrogen-bond donors (Lipinski definition) is 1. The zero-order valence-corrected chi connectivity index (χ0v) is 9.70. The maximum atomic E-state index is 5.07. The summed E-state index contributed by atoms with van der Waals surface area (Å²) in [5.74, 6) is 0.657. The Morgan fingerprint density at radius 1 is 1.50 bits per heavy atom. The third-order valence-corrected chi connectivity index (χ3v) is 2.85. The van der Waals surface area contributed by atoms with Crippen LogP contribution in [0.5, 0.6) is 5.88 Å². The van der Waals surface area contributed by atoms with Gasteiger partial charge < -0.3 is 10.1 Å². The molecule has 3 heteroatoms. The summed E-state index contributed by atoms with van der Waals surface area (Å²) in [6, 6.07) is 3.88. The van der Waals surface area contributed by atoms with Crippen molar-refractivity contribution in [3.63, 3.8) is 0 Å². The molecular formula is C13H18N2O. The Morgan fingerprint density at radius 2 is 2.44 bits per heavy atom. The first-order valence-electron chi connectivity index (χ1n) is 5.80. The van der Waals surface area contributed by atoms with Crippen LogP contribution in [0.2, 0.25) is 0 Å². The maximum Gasteiger partial charge on any atom is 0.214 e. The molecule has 3 nitrogen and oxygen atoms in total. The summed E-state index contributed by atoms with van der Waals surface area (Å²) in [5, 5.41) is 3.39. The first kappa shape index (κ1) is 11.0. The van der Waals surface area contributed by atoms with Crippen LogP contribution < -0.4 is 10.1 Å². The summed E-state index contributed by atoms with van der Waals surface area (Å²) in [4.78, 5) is 4.07. The van der Waals surface area contributed by atoms with Crippen LogP contribution in [0.25, 0.3) is 0 Å². The van der Waals surface area contributed by atoms with E-state index < -0.39 is 0 Å². The molecular weight excluding hydrogens is 200 g/mol. The van der Waals surface area contributed by atoms with Gasteiger partial charge in [0.25, 0.3) is 0 Å². The molecule has 0 amide bonds. The number of allylic oxidation sites excluding steroid dienone is 1. The van der Waals surface area contributed by atoms with Crippen LogP contribution >= 0.6 is 0 Å². The van der Waals surface area contributed by atoms with Crippen LogP contribution in [0, 0.1) is 0 Å². The van der Waals surface area contributed by atoms with Crippen molar-refractivity contribution in [3.05, 3.63) is 30.0 Å². The fourth-order valence-electron chi connectivity index (χ4n) is 1.96. The largest absolute Gasteiger partial charge is 0.481 e. The number of anilines is 1. The molecule has 0 atom stereocenters. The highest BCUT2D eigenvalue weighted by Gasteiger charge is 2.03. The molecule has 86 valence electrons. The van der Waals surface area contributed by atoms with E-state index in [1.165, 1.54) is 19.3 Å². The molecule has 1 aromatic heterocycles. The minimum atomic E-state index is 0.657. The molecule has 0 saturated heterocycles. The lowest BCUT2D eigenvalue weighted by Gasteiger charge is -2.07. The highest BCUT2D eigenvalue weighted by atomic mass is 16.5. The Bertz CT molecular complexity index is 374. The van der Waals surface area contributed by atoms with Gasteiger partial charge in [-0.05, 0) is 31.7 Å². The molecule has 0 radical (unpaired) electrons. The Labute approximate surface area is 96.5 Å². The van der Waals surface area contributed by atoms with Crippen LogP contribution in [-0.4, -0.2) is 18.6 Å². The van der Waals surface area contributed by atoms with E-state index in [0.29, 0.717) is 5.88 Å². The van der Waals surface area contributed by atoms with E-state index in [4.69, 9.17) is 4.74 Å². The highest BCUT2D eigenvalue weighted by molar-refractivity contribution is 5.45. The van der Waals surface area contributed by atoms with Gasteiger partial charge in [0.1, 0.15) is 0 Å². The number of aromatic nitrogens is 1. The van der Waals surface area contributed by atoms with E-state index in [1.807, 2.05) is 12.1 Å². The van der Waals surface area contributed by atoms with Crippen molar-refractivity contribution >= 4 is 5.69 Å². The van der Waals surface area contributed by atoms with E-state index in [1.54, 1.807) is 18.9 Å². The van der Waals surface area contributed by atoms with Crippen LogP contribution in [-0.2, 0) is 0 Å². The van der Waals surface area contributed by atoms with Gasteiger partial charge in [0.05, 0.1) is 7.11 Å². The monoisotopic (exact) mass is 218 g/mol. The third-order valence-electron chi connectivity index (χ3n) is 2.85. The normalized spacial score (nSPS) is 14.7. The van der Waals surface area contributed by atoms with Gasteiger partial charge >= 0.3 is 0 Å². The second-order valence-electron chi connectivity index (χ2n) is 4.02. The lowest BCUT2D eigenvalue weighted by atomic mass is 10.2. The van der Waals surface area contributed by atoms with Gasteiger partial charge in [-0.15, -0.1) is 0 Å². The number of ether oxygens (including phenoxy) is 1. The molecule has 0 aromatic carbocycles. The van der Waals surface area contributed by atoms with Crippen LogP contribution in [0.15, 0.2) is 30.0 Å². The summed E-state index contributed by atoms with van der Waals surface area (Å²) < 4.78 is 5.07. The standard InChI is InChI=1S/C13H18N2O/c1-16-13-10-12(7-9-15-13)14-8-6-11-4-2-3-5-11/h4,7,9-10H,2-3,5-6,8H2,1H3,(H,14,15). The lowest BCUT2D eigenvalue weighted by molar-refractivity contribution is 0.398. The van der Waals surface area contributed by atoms with E-state index in [9.17, 15) is 0 Å². The van der Waals surface area contributed by atoms with Crippen molar-refractivity contribution in [1.82, 2.24) is 4.98 Å². The Morgan fingerprint density at radius 3 is 3.19 bits per heavy atom. The minimum absolute atomic E-state index is 0.657. The number of pyridine rings is 1. The van der Waals surface area contributed by atoms with Crippen molar-refractivity contribution in [2.45, 2.75) is 25.7 Å². The lowest BCUT2D eigenvalue weighted by Crippen LogP contribution is -2.02. The molecule has 0 unspecified atom stereocenters. The fraction of sp³-hybridized carbons (Fsp3) is 0.462. The predicted molar refractivity (Wildman–Crippen MR) is 65.8 cm³/mol. The zero-order chi connectivity index (χ0) is 11.2. The number of hydrogen-bond acceptors (Lipinski definition) is 3. The average molecular weight is 218 g/mol. The number of rotatable bonds is 5. The number of methoxy groups -OCH3 is 1. The Kier molecular flexibility index (Phi) is 3.81. The van der Waals surface area contributed by atoms with E-state index in [2.05, 4.69) is 16.4 Å². The summed E-state index contributed by atoms with van der Waals surface area (Å²) in [5.41, 5.74) is 2.67. The fourth-order valence-corrected chi connectivity index (χ4v) is 1.96. The van der Waals surface area contributed by atoms with Gasteiger partial charge in [0.15, 0.2) is 0 Å². The SMILES string of the molecule is COc1cc(NCCC2=CCCC2)ccn1. The summed E-state index contributed by atoms with van der Waals surface area (Å²) >= 11 is 0. The van der Waals surface area contributed by atoms with Crippen molar-refractivity contribution < 1.29 is 4.74 Å². The molecule has 1 heterocycles. The van der Waals surface area contributed by atoms with Crippen molar-refractivity contribution in [2.24, 2.45) is 0 Å². The average Bonchev–Trinajstić information content (AvgIpc) is 2.82. The van der Waals surface area contributed by atoms with Gasteiger partial charge in [0, 0.05) is 24.5 Å². The summed E-state index contributed by atoms with van der Waals surface area (Å²) in [6.45, 7) is 0.985. The third kappa shape index (κ3) is 2.99. The summed E-state index contributed by atoms with van der Waals surface area (Å²) in [7, 11) is 1.63. The van der Waals surface area contributed by atoms with E-state index >= 15 is 0 Å². The van der Waals surface area contributed by atoms with Crippen molar-refractivity contribution in [1.29, 1.82) is 0 Å². The Hall–Kier alpha value is -1.51. The molecule has 2 rings (SSSR count). The molecule has 16 heavy (non-hydrogen) atoms. The predicted octanol–water partition coefficient (Wildman–Crippen LogP) is 3.00. The highest BCUT2D eigenvalue weighted by Crippen LogP contribution is 2.20. The first-order valence-corrected chi connectivity index (χ1v) is 5.80. The topological polar surface area (TPSA) is 34.1 Å².